The minimum Gasteiger partial charge on any atom is -0.357 e. The zero-order valence-electron chi connectivity index (χ0n) is 7.25. The predicted octanol–water partition coefficient (Wildman–Crippen LogP) is -0.231. The zero-order chi connectivity index (χ0) is 9.84. The van der Waals surface area contributed by atoms with Crippen molar-refractivity contribution >= 4 is 28.4 Å². The van der Waals surface area contributed by atoms with Gasteiger partial charge in [-0.15, -0.1) is 0 Å². The van der Waals surface area contributed by atoms with Gasteiger partial charge >= 0.3 is 0 Å². The lowest BCUT2D eigenvalue weighted by atomic mass is 10.5. The number of H-pyrrole nitrogens is 1. The number of hydrogen-bond acceptors (Lipinski definition) is 4. The highest BCUT2D eigenvalue weighted by atomic mass is 127. The third-order valence-corrected chi connectivity index (χ3v) is 2.58. The molecule has 0 saturated carbocycles. The van der Waals surface area contributed by atoms with Crippen LogP contribution in [-0.4, -0.2) is 30.1 Å². The minimum absolute atomic E-state index is 0.116. The van der Waals surface area contributed by atoms with Crippen LogP contribution in [0.25, 0.3) is 0 Å². The number of nitrogens with zero attached hydrogens (tertiary/aromatic N) is 2. The summed E-state index contributed by atoms with van der Waals surface area (Å²) >= 11 is 1.97. The summed E-state index contributed by atoms with van der Waals surface area (Å²) in [6.07, 6.45) is 1.40. The predicted molar refractivity (Wildman–Crippen MR) is 59.9 cm³/mol. The Morgan fingerprint density at radius 3 is 3.08 bits per heavy atom. The lowest BCUT2D eigenvalue weighted by molar-refractivity contribution is 0.856. The fourth-order valence-corrected chi connectivity index (χ4v) is 1.65. The first-order valence-electron chi connectivity index (χ1n) is 3.81. The normalized spacial score (nSPS) is 10.1. The second kappa shape index (κ2) is 4.56. The molecule has 0 radical (unpaired) electrons. The molecule has 0 aliphatic carbocycles. The van der Waals surface area contributed by atoms with E-state index in [4.69, 9.17) is 5.73 Å². The van der Waals surface area contributed by atoms with Crippen LogP contribution in [0, 0.1) is 3.57 Å². The summed E-state index contributed by atoms with van der Waals surface area (Å²) in [7, 11) is 1.86. The van der Waals surface area contributed by atoms with Crippen LogP contribution in [0.15, 0.2) is 11.1 Å². The highest BCUT2D eigenvalue weighted by molar-refractivity contribution is 14.1. The summed E-state index contributed by atoms with van der Waals surface area (Å²) < 4.78 is 0.594. The molecule has 1 heterocycles. The topological polar surface area (TPSA) is 75.0 Å². The average molecular weight is 294 g/mol. The highest BCUT2D eigenvalue weighted by Crippen LogP contribution is 2.12. The Kier molecular flexibility index (Phi) is 3.67. The molecule has 0 amide bonds. The Morgan fingerprint density at radius 2 is 2.46 bits per heavy atom. The molecular formula is C7H11IN4O. The molecule has 5 nitrogen and oxygen atoms in total. The van der Waals surface area contributed by atoms with Gasteiger partial charge in [0.1, 0.15) is 9.39 Å². The van der Waals surface area contributed by atoms with Crippen molar-refractivity contribution in [1.29, 1.82) is 0 Å². The van der Waals surface area contributed by atoms with Crippen LogP contribution < -0.4 is 16.2 Å². The first-order chi connectivity index (χ1) is 6.16. The van der Waals surface area contributed by atoms with E-state index in [1.807, 2.05) is 34.5 Å². The Hall–Kier alpha value is -0.630. The number of aromatic nitrogens is 2. The van der Waals surface area contributed by atoms with Crippen molar-refractivity contribution in [3.63, 3.8) is 0 Å². The largest absolute Gasteiger partial charge is 0.357 e. The molecule has 0 aliphatic rings. The second-order valence-corrected chi connectivity index (χ2v) is 3.66. The molecule has 72 valence electrons. The van der Waals surface area contributed by atoms with E-state index in [0.717, 1.165) is 0 Å². The van der Waals surface area contributed by atoms with E-state index in [2.05, 4.69) is 9.97 Å². The molecule has 0 unspecified atom stereocenters. The molecule has 0 bridgehead atoms. The quantitative estimate of drug-likeness (QED) is 0.755. The summed E-state index contributed by atoms with van der Waals surface area (Å²) in [4.78, 5) is 19.6. The average Bonchev–Trinajstić information content (AvgIpc) is 2.10. The first kappa shape index (κ1) is 10.5. The van der Waals surface area contributed by atoms with E-state index in [-0.39, 0.29) is 5.56 Å². The van der Waals surface area contributed by atoms with Crippen molar-refractivity contribution in [3.8, 4) is 0 Å². The summed E-state index contributed by atoms with van der Waals surface area (Å²) in [5.41, 5.74) is 5.28. The van der Waals surface area contributed by atoms with Gasteiger partial charge < -0.3 is 15.6 Å². The van der Waals surface area contributed by atoms with Gasteiger partial charge in [-0.05, 0) is 22.6 Å². The molecule has 6 heteroatoms. The maximum Gasteiger partial charge on any atom is 0.266 e. The van der Waals surface area contributed by atoms with E-state index in [0.29, 0.717) is 22.5 Å². The standard InChI is InChI=1S/C7H11IN4O/c1-12(3-2-9)6-5(8)7(13)11-4-10-6/h4H,2-3,9H2,1H3,(H,10,11,13). The van der Waals surface area contributed by atoms with Crippen LogP contribution in [0.2, 0.25) is 0 Å². The minimum atomic E-state index is -0.116. The summed E-state index contributed by atoms with van der Waals surface area (Å²) in [6.45, 7) is 1.23. The van der Waals surface area contributed by atoms with E-state index < -0.39 is 0 Å². The number of aromatic amines is 1. The van der Waals surface area contributed by atoms with Gasteiger partial charge in [0.05, 0.1) is 6.33 Å². The summed E-state index contributed by atoms with van der Waals surface area (Å²) in [5, 5.41) is 0. The van der Waals surface area contributed by atoms with Gasteiger partial charge in [0, 0.05) is 20.1 Å². The molecule has 0 aromatic carbocycles. The van der Waals surface area contributed by atoms with Gasteiger partial charge in [-0.2, -0.15) is 0 Å². The molecule has 0 aliphatic heterocycles. The van der Waals surface area contributed by atoms with Crippen molar-refractivity contribution in [1.82, 2.24) is 9.97 Å². The molecular weight excluding hydrogens is 283 g/mol. The maximum atomic E-state index is 11.2. The lowest BCUT2D eigenvalue weighted by Gasteiger charge is -2.17. The first-order valence-corrected chi connectivity index (χ1v) is 4.89. The maximum absolute atomic E-state index is 11.2. The number of rotatable bonds is 3. The van der Waals surface area contributed by atoms with Crippen molar-refractivity contribution in [2.24, 2.45) is 5.73 Å². The van der Waals surface area contributed by atoms with Crippen LogP contribution >= 0.6 is 22.6 Å². The molecule has 1 aromatic rings. The Balaban J connectivity index is 3.00. The fourth-order valence-electron chi connectivity index (χ4n) is 0.939. The van der Waals surface area contributed by atoms with Gasteiger partial charge in [-0.25, -0.2) is 4.98 Å². The van der Waals surface area contributed by atoms with E-state index in [1.54, 1.807) is 0 Å². The molecule has 1 aromatic heterocycles. The van der Waals surface area contributed by atoms with Gasteiger partial charge in [0.25, 0.3) is 5.56 Å². The fraction of sp³-hybridized carbons (Fsp3) is 0.429. The third kappa shape index (κ3) is 2.41. The molecule has 0 spiro atoms. The van der Waals surface area contributed by atoms with Gasteiger partial charge in [0.15, 0.2) is 0 Å². The van der Waals surface area contributed by atoms with Crippen LogP contribution in [0.3, 0.4) is 0 Å². The summed E-state index contributed by atoms with van der Waals surface area (Å²) in [6, 6.07) is 0. The second-order valence-electron chi connectivity index (χ2n) is 2.58. The van der Waals surface area contributed by atoms with Crippen LogP contribution in [-0.2, 0) is 0 Å². The van der Waals surface area contributed by atoms with Gasteiger partial charge in [-0.1, -0.05) is 0 Å². The van der Waals surface area contributed by atoms with Crippen LogP contribution in [0.5, 0.6) is 0 Å². The molecule has 0 atom stereocenters. The lowest BCUT2D eigenvalue weighted by Crippen LogP contribution is -2.28. The van der Waals surface area contributed by atoms with Crippen molar-refractivity contribution in [2.45, 2.75) is 0 Å². The third-order valence-electron chi connectivity index (χ3n) is 1.60. The van der Waals surface area contributed by atoms with Crippen molar-refractivity contribution in [3.05, 3.63) is 20.3 Å². The van der Waals surface area contributed by atoms with E-state index in [1.165, 1.54) is 6.33 Å². The van der Waals surface area contributed by atoms with E-state index >= 15 is 0 Å². The Morgan fingerprint density at radius 1 is 1.77 bits per heavy atom. The van der Waals surface area contributed by atoms with Crippen LogP contribution in [0.4, 0.5) is 5.82 Å². The molecule has 13 heavy (non-hydrogen) atoms. The Labute approximate surface area is 89.5 Å². The van der Waals surface area contributed by atoms with Gasteiger partial charge in [0.2, 0.25) is 0 Å². The number of anilines is 1. The van der Waals surface area contributed by atoms with Crippen molar-refractivity contribution in [2.75, 3.05) is 25.0 Å². The van der Waals surface area contributed by atoms with Crippen LogP contribution in [0.1, 0.15) is 0 Å². The molecule has 0 saturated heterocycles. The molecule has 1 rings (SSSR count). The number of halogens is 1. The monoisotopic (exact) mass is 294 g/mol. The number of nitrogens with two attached hydrogens (primary N) is 1. The van der Waals surface area contributed by atoms with E-state index in [9.17, 15) is 4.79 Å². The number of likely N-dealkylation sites (N-methyl/N-ethyl adjacent to an activating group) is 1. The zero-order valence-corrected chi connectivity index (χ0v) is 9.41. The van der Waals surface area contributed by atoms with Gasteiger partial charge in [-0.3, -0.25) is 4.79 Å². The SMILES string of the molecule is CN(CCN)c1nc[nH]c(=O)c1I. The highest BCUT2D eigenvalue weighted by Gasteiger charge is 2.08. The number of hydrogen-bond donors (Lipinski definition) is 2. The Bertz CT molecular complexity index is 338. The number of nitrogens with one attached hydrogen (secondary N) is 1. The molecule has 0 fully saturated rings. The van der Waals surface area contributed by atoms with Crippen molar-refractivity contribution < 1.29 is 0 Å². The smallest absolute Gasteiger partial charge is 0.266 e. The molecule has 3 N–H and O–H groups in total. The summed E-state index contributed by atoms with van der Waals surface area (Å²) in [5.74, 6) is 0.676.